The summed E-state index contributed by atoms with van der Waals surface area (Å²) < 4.78 is 4.63. The quantitative estimate of drug-likeness (QED) is 0.847. The monoisotopic (exact) mass is 321 g/mol. The van der Waals surface area contributed by atoms with Gasteiger partial charge < -0.3 is 10.1 Å². The number of hydrogen-bond donors (Lipinski definition) is 1. The Labute approximate surface area is 125 Å². The number of esters is 1. The Hall–Kier alpha value is -0.910. The van der Waals surface area contributed by atoms with E-state index in [1.807, 2.05) is 6.26 Å². The predicted molar refractivity (Wildman–Crippen MR) is 78.1 cm³/mol. The molecule has 0 saturated carbocycles. The SMILES string of the molecule is COC(=O)C(CSC)NC(=O)c1cc(Cl)ccc1Cl. The molecule has 0 radical (unpaired) electrons. The van der Waals surface area contributed by atoms with Gasteiger partial charge in [-0.1, -0.05) is 23.2 Å². The largest absolute Gasteiger partial charge is 0.467 e. The molecule has 1 aromatic rings. The van der Waals surface area contributed by atoms with Crippen molar-refractivity contribution >= 4 is 46.8 Å². The first-order valence-corrected chi connectivity index (χ1v) is 7.47. The number of methoxy groups -OCH3 is 1. The van der Waals surface area contributed by atoms with Gasteiger partial charge in [-0.25, -0.2) is 4.79 Å². The van der Waals surface area contributed by atoms with Crippen LogP contribution < -0.4 is 5.32 Å². The predicted octanol–water partition coefficient (Wildman–Crippen LogP) is 2.63. The van der Waals surface area contributed by atoms with Crippen LogP contribution in [0.25, 0.3) is 0 Å². The second-order valence-electron chi connectivity index (χ2n) is 3.63. The number of nitrogens with one attached hydrogen (secondary N) is 1. The van der Waals surface area contributed by atoms with Gasteiger partial charge in [-0.2, -0.15) is 11.8 Å². The minimum Gasteiger partial charge on any atom is -0.467 e. The number of hydrogen-bond acceptors (Lipinski definition) is 4. The van der Waals surface area contributed by atoms with Crippen LogP contribution in [0.1, 0.15) is 10.4 Å². The molecule has 7 heteroatoms. The fourth-order valence-corrected chi connectivity index (χ4v) is 2.31. The third-order valence-electron chi connectivity index (χ3n) is 2.30. The first kappa shape index (κ1) is 16.1. The minimum absolute atomic E-state index is 0.226. The van der Waals surface area contributed by atoms with Crippen LogP contribution in [-0.4, -0.2) is 37.0 Å². The Bertz CT molecular complexity index is 482. The highest BCUT2D eigenvalue weighted by Crippen LogP contribution is 2.20. The average Bonchev–Trinajstić information content (AvgIpc) is 2.40. The van der Waals surface area contributed by atoms with Crippen molar-refractivity contribution < 1.29 is 14.3 Å². The van der Waals surface area contributed by atoms with Crippen LogP contribution in [0.5, 0.6) is 0 Å². The van der Waals surface area contributed by atoms with Crippen molar-refractivity contribution in [1.29, 1.82) is 0 Å². The van der Waals surface area contributed by atoms with Crippen LogP contribution in [0, 0.1) is 0 Å². The molecule has 0 heterocycles. The number of carbonyl (C=O) groups is 2. The summed E-state index contributed by atoms with van der Waals surface area (Å²) in [5.74, 6) is -0.547. The number of halogens is 2. The summed E-state index contributed by atoms with van der Waals surface area (Å²) in [5, 5.41) is 3.25. The molecule has 1 unspecified atom stereocenters. The van der Waals surface area contributed by atoms with Crippen molar-refractivity contribution in [3.63, 3.8) is 0 Å². The van der Waals surface area contributed by atoms with Gasteiger partial charge in [0, 0.05) is 10.8 Å². The van der Waals surface area contributed by atoms with Crippen LogP contribution in [0.4, 0.5) is 0 Å². The summed E-state index contributed by atoms with van der Waals surface area (Å²) >= 11 is 13.2. The van der Waals surface area contributed by atoms with Gasteiger partial charge in [-0.15, -0.1) is 0 Å². The zero-order valence-corrected chi connectivity index (χ0v) is 12.7. The Kier molecular flexibility index (Phi) is 6.48. The molecule has 4 nitrogen and oxygen atoms in total. The van der Waals surface area contributed by atoms with Crippen molar-refractivity contribution in [1.82, 2.24) is 5.32 Å². The summed E-state index contributed by atoms with van der Waals surface area (Å²) in [5.41, 5.74) is 0.226. The normalized spacial score (nSPS) is 11.8. The molecule has 1 amide bonds. The molecule has 1 N–H and O–H groups in total. The van der Waals surface area contributed by atoms with Gasteiger partial charge in [0.2, 0.25) is 0 Å². The molecule has 1 rings (SSSR count). The molecule has 104 valence electrons. The van der Waals surface area contributed by atoms with Crippen LogP contribution in [-0.2, 0) is 9.53 Å². The first-order chi connectivity index (χ1) is 8.99. The first-order valence-electron chi connectivity index (χ1n) is 5.32. The highest BCUT2D eigenvalue weighted by molar-refractivity contribution is 7.98. The van der Waals surface area contributed by atoms with E-state index in [1.165, 1.54) is 31.0 Å². The highest BCUT2D eigenvalue weighted by atomic mass is 35.5. The maximum Gasteiger partial charge on any atom is 0.329 e. The van der Waals surface area contributed by atoms with Gasteiger partial charge in [0.05, 0.1) is 17.7 Å². The Balaban J connectivity index is 2.87. The molecule has 1 aromatic carbocycles. The van der Waals surface area contributed by atoms with E-state index in [9.17, 15) is 9.59 Å². The fourth-order valence-electron chi connectivity index (χ4n) is 1.39. The molecule has 0 saturated heterocycles. The molecular weight excluding hydrogens is 309 g/mol. The molecular formula is C12H13Cl2NO3S. The van der Waals surface area contributed by atoms with E-state index in [2.05, 4.69) is 10.1 Å². The Morgan fingerprint density at radius 1 is 1.42 bits per heavy atom. The second kappa shape index (κ2) is 7.62. The van der Waals surface area contributed by atoms with E-state index in [1.54, 1.807) is 6.07 Å². The van der Waals surface area contributed by atoms with Crippen molar-refractivity contribution in [2.75, 3.05) is 19.1 Å². The van der Waals surface area contributed by atoms with Gasteiger partial charge in [-0.05, 0) is 24.5 Å². The molecule has 19 heavy (non-hydrogen) atoms. The second-order valence-corrected chi connectivity index (χ2v) is 5.38. The van der Waals surface area contributed by atoms with Crippen molar-refractivity contribution in [3.8, 4) is 0 Å². The summed E-state index contributed by atoms with van der Waals surface area (Å²) in [6.07, 6.45) is 1.83. The number of amides is 1. The minimum atomic E-state index is -0.720. The van der Waals surface area contributed by atoms with Crippen LogP contribution >= 0.6 is 35.0 Å². The smallest absolute Gasteiger partial charge is 0.329 e. The molecule has 0 fully saturated rings. The van der Waals surface area contributed by atoms with Crippen LogP contribution in [0.2, 0.25) is 10.0 Å². The third-order valence-corrected chi connectivity index (χ3v) is 3.53. The average molecular weight is 322 g/mol. The number of carbonyl (C=O) groups excluding carboxylic acids is 2. The van der Waals surface area contributed by atoms with E-state index in [4.69, 9.17) is 23.2 Å². The number of thioether (sulfide) groups is 1. The Morgan fingerprint density at radius 3 is 2.68 bits per heavy atom. The molecule has 0 spiro atoms. The zero-order chi connectivity index (χ0) is 14.4. The highest BCUT2D eigenvalue weighted by Gasteiger charge is 2.22. The van der Waals surface area contributed by atoms with E-state index in [0.717, 1.165) is 0 Å². The van der Waals surface area contributed by atoms with Crippen LogP contribution in [0.15, 0.2) is 18.2 Å². The number of benzene rings is 1. The summed E-state index contributed by atoms with van der Waals surface area (Å²) in [7, 11) is 1.27. The molecule has 0 aliphatic heterocycles. The van der Waals surface area contributed by atoms with Gasteiger partial charge in [0.25, 0.3) is 5.91 Å². The lowest BCUT2D eigenvalue weighted by molar-refractivity contribution is -0.142. The van der Waals surface area contributed by atoms with E-state index >= 15 is 0 Å². The van der Waals surface area contributed by atoms with Gasteiger partial charge in [0.15, 0.2) is 0 Å². The topological polar surface area (TPSA) is 55.4 Å². The standard InChI is InChI=1S/C12H13Cl2NO3S/c1-18-12(17)10(6-19-2)15-11(16)8-5-7(13)3-4-9(8)14/h3-5,10H,6H2,1-2H3,(H,15,16). The molecule has 0 bridgehead atoms. The van der Waals surface area contributed by atoms with Gasteiger partial charge in [-0.3, -0.25) is 4.79 Å². The Morgan fingerprint density at radius 2 is 2.11 bits per heavy atom. The lowest BCUT2D eigenvalue weighted by Crippen LogP contribution is -2.43. The zero-order valence-electron chi connectivity index (χ0n) is 10.4. The number of ether oxygens (including phenoxy) is 1. The molecule has 0 aromatic heterocycles. The van der Waals surface area contributed by atoms with Crippen molar-refractivity contribution in [2.24, 2.45) is 0 Å². The fraction of sp³-hybridized carbons (Fsp3) is 0.333. The van der Waals surface area contributed by atoms with Crippen molar-refractivity contribution in [3.05, 3.63) is 33.8 Å². The number of rotatable bonds is 5. The van der Waals surface area contributed by atoms with E-state index < -0.39 is 17.9 Å². The summed E-state index contributed by atoms with van der Waals surface area (Å²) in [4.78, 5) is 23.6. The van der Waals surface area contributed by atoms with E-state index in [0.29, 0.717) is 10.8 Å². The lowest BCUT2D eigenvalue weighted by Gasteiger charge is -2.15. The molecule has 0 aliphatic carbocycles. The maximum absolute atomic E-state index is 12.1. The van der Waals surface area contributed by atoms with Crippen LogP contribution in [0.3, 0.4) is 0 Å². The summed E-state index contributed by atoms with van der Waals surface area (Å²) in [6.45, 7) is 0. The molecule has 1 atom stereocenters. The maximum atomic E-state index is 12.1. The lowest BCUT2D eigenvalue weighted by atomic mass is 10.2. The van der Waals surface area contributed by atoms with Gasteiger partial charge in [0.1, 0.15) is 6.04 Å². The van der Waals surface area contributed by atoms with Crippen molar-refractivity contribution in [2.45, 2.75) is 6.04 Å². The third kappa shape index (κ3) is 4.60. The molecule has 0 aliphatic rings. The summed E-state index contributed by atoms with van der Waals surface area (Å²) in [6, 6.07) is 3.84. The van der Waals surface area contributed by atoms with E-state index in [-0.39, 0.29) is 10.6 Å². The van der Waals surface area contributed by atoms with Gasteiger partial charge >= 0.3 is 5.97 Å².